The number of hydrogen-bond donors (Lipinski definition) is 2. The maximum Gasteiger partial charge on any atom is 0.115 e. The molecule has 0 aliphatic heterocycles. The number of aryl methyl sites for hydroxylation is 1. The molecule has 0 unspecified atom stereocenters. The topological polar surface area (TPSA) is 61.8 Å². The van der Waals surface area contributed by atoms with Gasteiger partial charge in [0.05, 0.1) is 0 Å². The molecule has 0 saturated carbocycles. The summed E-state index contributed by atoms with van der Waals surface area (Å²) in [5.74, 6) is 0.329. The minimum Gasteiger partial charge on any atom is -0.508 e. The van der Waals surface area contributed by atoms with Crippen LogP contribution in [0.4, 0.5) is 0 Å². The average Bonchev–Trinajstić information content (AvgIpc) is 2.82. The SMILES string of the molecule is Cc1ccc(O)cc1.c1ccc2n[nH]nc2c1. The number of benzene rings is 2. The van der Waals surface area contributed by atoms with Gasteiger partial charge in [-0.2, -0.15) is 15.4 Å². The summed E-state index contributed by atoms with van der Waals surface area (Å²) in [6, 6.07) is 14.8. The lowest BCUT2D eigenvalue weighted by Gasteiger charge is -1.89. The number of rotatable bonds is 0. The molecule has 0 bridgehead atoms. The molecule has 3 aromatic rings. The molecule has 0 saturated heterocycles. The van der Waals surface area contributed by atoms with Gasteiger partial charge in [-0.25, -0.2) is 0 Å². The van der Waals surface area contributed by atoms with Gasteiger partial charge in [0, 0.05) is 0 Å². The van der Waals surface area contributed by atoms with E-state index in [0.717, 1.165) is 11.0 Å². The van der Waals surface area contributed by atoms with Gasteiger partial charge in [0.15, 0.2) is 0 Å². The van der Waals surface area contributed by atoms with E-state index in [9.17, 15) is 0 Å². The van der Waals surface area contributed by atoms with Crippen LogP contribution in [0.3, 0.4) is 0 Å². The third kappa shape index (κ3) is 3.04. The van der Waals surface area contributed by atoms with E-state index in [0.29, 0.717) is 5.75 Å². The van der Waals surface area contributed by atoms with E-state index in [2.05, 4.69) is 15.4 Å². The van der Waals surface area contributed by atoms with Gasteiger partial charge in [-0.05, 0) is 31.2 Å². The van der Waals surface area contributed by atoms with E-state index < -0.39 is 0 Å². The predicted molar refractivity (Wildman–Crippen MR) is 66.7 cm³/mol. The van der Waals surface area contributed by atoms with Gasteiger partial charge in [0.1, 0.15) is 16.8 Å². The molecule has 2 aromatic carbocycles. The molecule has 2 N–H and O–H groups in total. The number of nitrogens with one attached hydrogen (secondary N) is 1. The molecular weight excluding hydrogens is 214 g/mol. The summed E-state index contributed by atoms with van der Waals surface area (Å²) < 4.78 is 0. The maximum atomic E-state index is 8.76. The molecule has 1 heterocycles. The molecule has 0 aliphatic rings. The standard InChI is InChI=1S/C7H8O.C6H5N3/c1-6-2-4-7(8)5-3-6;1-2-4-6-5(3-1)7-9-8-6/h2-5,8H,1H3;1-4H,(H,7,8,9). The predicted octanol–water partition coefficient (Wildman–Crippen LogP) is 2.66. The van der Waals surface area contributed by atoms with E-state index >= 15 is 0 Å². The first-order valence-electron chi connectivity index (χ1n) is 5.27. The summed E-state index contributed by atoms with van der Waals surface area (Å²) >= 11 is 0. The molecule has 3 rings (SSSR count). The number of hydrogen-bond acceptors (Lipinski definition) is 3. The Bertz CT molecular complexity index is 536. The quantitative estimate of drug-likeness (QED) is 0.620. The van der Waals surface area contributed by atoms with Crippen LogP contribution in [0.25, 0.3) is 11.0 Å². The first-order valence-corrected chi connectivity index (χ1v) is 5.27. The monoisotopic (exact) mass is 227 g/mol. The maximum absolute atomic E-state index is 8.76. The molecule has 0 fully saturated rings. The second-order valence-corrected chi connectivity index (χ2v) is 3.65. The fourth-order valence-electron chi connectivity index (χ4n) is 1.33. The number of fused-ring (bicyclic) bond motifs is 1. The first kappa shape index (κ1) is 11.1. The van der Waals surface area contributed by atoms with Crippen molar-refractivity contribution in [2.45, 2.75) is 6.92 Å². The molecule has 0 radical (unpaired) electrons. The van der Waals surface area contributed by atoms with Gasteiger partial charge in [-0.1, -0.05) is 29.8 Å². The lowest BCUT2D eigenvalue weighted by Crippen LogP contribution is -1.66. The molecule has 4 nitrogen and oxygen atoms in total. The number of aromatic nitrogens is 3. The number of phenols is 1. The largest absolute Gasteiger partial charge is 0.508 e. The van der Waals surface area contributed by atoms with Gasteiger partial charge in [-0.15, -0.1) is 0 Å². The average molecular weight is 227 g/mol. The first-order chi connectivity index (χ1) is 8.25. The number of nitrogens with zero attached hydrogens (tertiary/aromatic N) is 2. The minimum absolute atomic E-state index is 0.329. The van der Waals surface area contributed by atoms with E-state index in [1.165, 1.54) is 5.56 Å². The van der Waals surface area contributed by atoms with Gasteiger partial charge in [0.2, 0.25) is 0 Å². The lowest BCUT2D eigenvalue weighted by molar-refractivity contribution is 0.475. The Kier molecular flexibility index (Phi) is 3.35. The van der Waals surface area contributed by atoms with Crippen LogP contribution in [-0.4, -0.2) is 20.5 Å². The van der Waals surface area contributed by atoms with Crippen molar-refractivity contribution in [1.29, 1.82) is 0 Å². The molecule has 0 atom stereocenters. The summed E-state index contributed by atoms with van der Waals surface area (Å²) in [5.41, 5.74) is 3.00. The highest BCUT2D eigenvalue weighted by Gasteiger charge is 1.90. The van der Waals surface area contributed by atoms with Gasteiger partial charge in [0.25, 0.3) is 0 Å². The van der Waals surface area contributed by atoms with Crippen molar-refractivity contribution in [2.75, 3.05) is 0 Å². The summed E-state index contributed by atoms with van der Waals surface area (Å²) in [5, 5.41) is 19.1. The van der Waals surface area contributed by atoms with Crippen LogP contribution in [0.15, 0.2) is 48.5 Å². The highest BCUT2D eigenvalue weighted by molar-refractivity contribution is 5.72. The number of H-pyrrole nitrogens is 1. The molecule has 1 aromatic heterocycles. The number of phenolic OH excluding ortho intramolecular Hbond substituents is 1. The number of para-hydroxylation sites is 2. The van der Waals surface area contributed by atoms with Crippen LogP contribution >= 0.6 is 0 Å². The van der Waals surface area contributed by atoms with Crippen LogP contribution in [0.1, 0.15) is 5.56 Å². The number of aromatic hydroxyl groups is 1. The molecule has 0 aliphatic carbocycles. The van der Waals surface area contributed by atoms with Crippen molar-refractivity contribution in [2.24, 2.45) is 0 Å². The van der Waals surface area contributed by atoms with Crippen molar-refractivity contribution in [3.63, 3.8) is 0 Å². The zero-order chi connectivity index (χ0) is 12.1. The second-order valence-electron chi connectivity index (χ2n) is 3.65. The van der Waals surface area contributed by atoms with Crippen molar-refractivity contribution in [1.82, 2.24) is 15.4 Å². The minimum atomic E-state index is 0.329. The van der Waals surface area contributed by atoms with E-state index in [-0.39, 0.29) is 0 Å². The summed E-state index contributed by atoms with van der Waals surface area (Å²) in [7, 11) is 0. The normalized spacial score (nSPS) is 9.71. The van der Waals surface area contributed by atoms with Crippen LogP contribution in [-0.2, 0) is 0 Å². The Morgan fingerprint density at radius 1 is 0.882 bits per heavy atom. The molecule has 86 valence electrons. The van der Waals surface area contributed by atoms with Gasteiger partial charge < -0.3 is 5.11 Å². The molecular formula is C13H13N3O. The van der Waals surface area contributed by atoms with Gasteiger partial charge in [-0.3, -0.25) is 0 Å². The fraction of sp³-hybridized carbons (Fsp3) is 0.0769. The molecule has 0 amide bonds. The summed E-state index contributed by atoms with van der Waals surface area (Å²) in [4.78, 5) is 0. The third-order valence-corrected chi connectivity index (χ3v) is 2.26. The molecule has 4 heteroatoms. The zero-order valence-electron chi connectivity index (χ0n) is 9.46. The Hall–Kier alpha value is -2.36. The zero-order valence-corrected chi connectivity index (χ0v) is 9.46. The third-order valence-electron chi connectivity index (χ3n) is 2.26. The Morgan fingerprint density at radius 2 is 1.41 bits per heavy atom. The Morgan fingerprint density at radius 3 is 1.88 bits per heavy atom. The van der Waals surface area contributed by atoms with Crippen LogP contribution < -0.4 is 0 Å². The highest BCUT2D eigenvalue weighted by Crippen LogP contribution is 2.07. The van der Waals surface area contributed by atoms with Crippen LogP contribution in [0.2, 0.25) is 0 Å². The smallest absolute Gasteiger partial charge is 0.115 e. The van der Waals surface area contributed by atoms with E-state index in [1.807, 2.05) is 43.3 Å². The Balaban J connectivity index is 0.000000128. The van der Waals surface area contributed by atoms with Crippen LogP contribution in [0, 0.1) is 6.92 Å². The van der Waals surface area contributed by atoms with Crippen molar-refractivity contribution >= 4 is 11.0 Å². The van der Waals surface area contributed by atoms with E-state index in [4.69, 9.17) is 5.11 Å². The van der Waals surface area contributed by atoms with E-state index in [1.54, 1.807) is 12.1 Å². The summed E-state index contributed by atoms with van der Waals surface area (Å²) in [6.45, 7) is 1.99. The lowest BCUT2D eigenvalue weighted by atomic mass is 10.2. The number of aromatic amines is 1. The Labute approximate surface area is 98.9 Å². The van der Waals surface area contributed by atoms with Crippen molar-refractivity contribution in [3.05, 3.63) is 54.1 Å². The second kappa shape index (κ2) is 5.12. The highest BCUT2D eigenvalue weighted by atomic mass is 16.3. The molecule has 0 spiro atoms. The van der Waals surface area contributed by atoms with Crippen molar-refractivity contribution in [3.8, 4) is 5.75 Å². The summed E-state index contributed by atoms with van der Waals surface area (Å²) in [6.07, 6.45) is 0. The fourth-order valence-corrected chi connectivity index (χ4v) is 1.33. The van der Waals surface area contributed by atoms with Crippen molar-refractivity contribution < 1.29 is 5.11 Å². The molecule has 17 heavy (non-hydrogen) atoms. The van der Waals surface area contributed by atoms with Gasteiger partial charge >= 0.3 is 0 Å². The van der Waals surface area contributed by atoms with Crippen LogP contribution in [0.5, 0.6) is 5.75 Å².